The molecule has 0 bridgehead atoms. The number of aliphatic hydroxyl groups is 1. The lowest BCUT2D eigenvalue weighted by Gasteiger charge is -2.36. The van der Waals surface area contributed by atoms with Crippen molar-refractivity contribution in [2.24, 2.45) is 0 Å². The minimum Gasteiger partial charge on any atom is -0.485 e. The lowest BCUT2D eigenvalue weighted by Crippen LogP contribution is -2.52. The molecule has 0 aromatic heterocycles. The van der Waals surface area contributed by atoms with E-state index in [0.717, 1.165) is 44.0 Å². The van der Waals surface area contributed by atoms with E-state index >= 15 is 0 Å². The summed E-state index contributed by atoms with van der Waals surface area (Å²) in [6, 6.07) is 7.21. The fraction of sp³-hybridized carbons (Fsp3) is 0.667. The Balaban J connectivity index is 1.91. The van der Waals surface area contributed by atoms with E-state index in [0.29, 0.717) is 12.3 Å². The van der Waals surface area contributed by atoms with E-state index in [1.165, 1.54) is 0 Å². The highest BCUT2D eigenvalue weighted by Gasteiger charge is 2.32. The average molecular weight is 370 g/mol. The predicted octanol–water partition coefficient (Wildman–Crippen LogP) is 1.13. The molecule has 6 nitrogen and oxygen atoms in total. The second kappa shape index (κ2) is 9.64. The molecule has 1 aromatic rings. The first-order valence-corrected chi connectivity index (χ1v) is 10.1. The fourth-order valence-corrected chi connectivity index (χ4v) is 3.58. The average Bonchev–Trinajstić information content (AvgIpc) is 2.61. The molecule has 2 unspecified atom stereocenters. The van der Waals surface area contributed by atoms with Crippen molar-refractivity contribution in [1.82, 2.24) is 14.9 Å². The Hall–Kier alpha value is -0.990. The molecular weight excluding hydrogens is 338 g/mol. The molecule has 1 fully saturated rings. The molecule has 7 heteroatoms. The van der Waals surface area contributed by atoms with Gasteiger partial charge in [0.15, 0.2) is 0 Å². The minimum absolute atomic E-state index is 0.592. The highest BCUT2D eigenvalue weighted by molar-refractivity contribution is 7.83. The second-order valence-electron chi connectivity index (χ2n) is 6.91. The van der Waals surface area contributed by atoms with Gasteiger partial charge in [-0.15, -0.1) is 0 Å². The van der Waals surface area contributed by atoms with Crippen molar-refractivity contribution in [3.05, 3.63) is 24.3 Å². The lowest BCUT2D eigenvalue weighted by molar-refractivity contribution is -0.0456. The van der Waals surface area contributed by atoms with Gasteiger partial charge in [0.2, 0.25) is 0 Å². The van der Waals surface area contributed by atoms with Gasteiger partial charge in [0, 0.05) is 39.3 Å². The van der Waals surface area contributed by atoms with Gasteiger partial charge in [-0.2, -0.15) is 0 Å². The van der Waals surface area contributed by atoms with Crippen molar-refractivity contribution in [2.45, 2.75) is 43.8 Å². The van der Waals surface area contributed by atoms with Crippen molar-refractivity contribution < 1.29 is 14.1 Å². The third-order valence-corrected chi connectivity index (χ3v) is 5.51. The maximum atomic E-state index is 12.0. The van der Waals surface area contributed by atoms with Crippen LogP contribution in [0.1, 0.15) is 27.2 Å². The second-order valence-corrected chi connectivity index (χ2v) is 8.20. The van der Waals surface area contributed by atoms with Crippen LogP contribution in [0.5, 0.6) is 5.75 Å². The molecule has 0 radical (unpaired) electrons. The predicted molar refractivity (Wildman–Crippen MR) is 101 cm³/mol. The smallest absolute Gasteiger partial charge is 0.130 e. The number of benzene rings is 1. The van der Waals surface area contributed by atoms with Gasteiger partial charge in [0.05, 0.1) is 4.90 Å². The van der Waals surface area contributed by atoms with Crippen molar-refractivity contribution >= 4 is 11.0 Å². The first-order valence-electron chi connectivity index (χ1n) is 8.98. The topological polar surface area (TPSA) is 73.8 Å². The molecule has 1 saturated heterocycles. The first-order chi connectivity index (χ1) is 11.9. The van der Waals surface area contributed by atoms with Crippen molar-refractivity contribution in [3.63, 3.8) is 0 Å². The van der Waals surface area contributed by atoms with Gasteiger partial charge in [-0.05, 0) is 44.5 Å². The number of nitrogens with one attached hydrogen (secondary N) is 2. The number of nitrogens with zero attached hydrogens (tertiary/aromatic N) is 1. The van der Waals surface area contributed by atoms with Crippen LogP contribution in [0, 0.1) is 0 Å². The van der Waals surface area contributed by atoms with Crippen LogP contribution < -0.4 is 14.8 Å². The quantitative estimate of drug-likeness (QED) is 0.609. The Bertz CT molecular complexity index is 545. The van der Waals surface area contributed by atoms with Crippen LogP contribution in [-0.4, -0.2) is 65.2 Å². The minimum atomic E-state index is -1.20. The summed E-state index contributed by atoms with van der Waals surface area (Å²) in [5, 5.41) is 13.9. The SMILES string of the molecule is CCCNS(=O)c1ccc(OC(C)(C)C(O)CN2CCNCC2)cc1. The Kier molecular flexibility index (Phi) is 7.83. The summed E-state index contributed by atoms with van der Waals surface area (Å²) < 4.78 is 21.0. The van der Waals surface area contributed by atoms with Crippen LogP contribution in [0.25, 0.3) is 0 Å². The van der Waals surface area contributed by atoms with E-state index in [1.807, 2.05) is 20.8 Å². The number of hydrogen-bond acceptors (Lipinski definition) is 5. The third kappa shape index (κ3) is 6.34. The van der Waals surface area contributed by atoms with Crippen LogP contribution >= 0.6 is 0 Å². The number of ether oxygens (including phenoxy) is 1. The van der Waals surface area contributed by atoms with Gasteiger partial charge >= 0.3 is 0 Å². The largest absolute Gasteiger partial charge is 0.485 e. The van der Waals surface area contributed by atoms with E-state index in [1.54, 1.807) is 24.3 Å². The van der Waals surface area contributed by atoms with Crippen LogP contribution in [0.3, 0.4) is 0 Å². The van der Waals surface area contributed by atoms with Gasteiger partial charge in [0.1, 0.15) is 28.4 Å². The molecule has 3 N–H and O–H groups in total. The monoisotopic (exact) mass is 369 g/mol. The normalized spacial score (nSPS) is 18.7. The third-order valence-electron chi connectivity index (χ3n) is 4.35. The van der Waals surface area contributed by atoms with Crippen LogP contribution in [0.15, 0.2) is 29.2 Å². The van der Waals surface area contributed by atoms with Gasteiger partial charge < -0.3 is 15.2 Å². The van der Waals surface area contributed by atoms with Crippen LogP contribution in [0.2, 0.25) is 0 Å². The van der Waals surface area contributed by atoms with E-state index in [4.69, 9.17) is 4.74 Å². The highest BCUT2D eigenvalue weighted by atomic mass is 32.2. The molecule has 0 amide bonds. The maximum Gasteiger partial charge on any atom is 0.130 e. The Labute approximate surface area is 153 Å². The summed E-state index contributed by atoms with van der Waals surface area (Å²) >= 11 is 0. The molecule has 142 valence electrons. The molecule has 1 heterocycles. The molecule has 0 saturated carbocycles. The van der Waals surface area contributed by atoms with Crippen molar-refractivity contribution in [3.8, 4) is 5.75 Å². The van der Waals surface area contributed by atoms with Gasteiger partial charge in [0.25, 0.3) is 0 Å². The molecule has 1 aliphatic rings. The van der Waals surface area contributed by atoms with E-state index in [-0.39, 0.29) is 0 Å². The molecule has 0 spiro atoms. The standard InChI is InChI=1S/C18H31N3O3S/c1-4-9-20-25(23)16-7-5-15(6-8-16)24-18(2,3)17(22)14-21-12-10-19-11-13-21/h5-8,17,19-20,22H,4,9-14H2,1-3H3. The van der Waals surface area contributed by atoms with E-state index < -0.39 is 22.7 Å². The first kappa shape index (κ1) is 20.3. The Morgan fingerprint density at radius 2 is 1.96 bits per heavy atom. The lowest BCUT2D eigenvalue weighted by atomic mass is 10.0. The van der Waals surface area contributed by atoms with E-state index in [9.17, 15) is 9.32 Å². The number of rotatable bonds is 9. The zero-order chi connectivity index (χ0) is 18.3. The summed E-state index contributed by atoms with van der Waals surface area (Å²) in [7, 11) is -1.20. The molecule has 2 atom stereocenters. The zero-order valence-corrected chi connectivity index (χ0v) is 16.3. The van der Waals surface area contributed by atoms with Crippen LogP contribution in [0.4, 0.5) is 0 Å². The number of hydrogen-bond donors (Lipinski definition) is 3. The molecule has 0 aliphatic carbocycles. The van der Waals surface area contributed by atoms with Gasteiger partial charge in [-0.1, -0.05) is 6.92 Å². The summed E-state index contributed by atoms with van der Waals surface area (Å²) in [5.74, 6) is 0.667. The summed E-state index contributed by atoms with van der Waals surface area (Å²) in [5.41, 5.74) is -0.702. The molecule has 2 rings (SSSR count). The zero-order valence-electron chi connectivity index (χ0n) is 15.5. The molecular formula is C18H31N3O3S. The van der Waals surface area contributed by atoms with Crippen molar-refractivity contribution in [2.75, 3.05) is 39.3 Å². The maximum absolute atomic E-state index is 12.0. The van der Waals surface area contributed by atoms with Crippen LogP contribution in [-0.2, 0) is 11.0 Å². The van der Waals surface area contributed by atoms with Gasteiger partial charge in [-0.3, -0.25) is 4.90 Å². The summed E-state index contributed by atoms with van der Waals surface area (Å²) in [4.78, 5) is 2.97. The number of β-amino-alcohol motifs (C(OH)–C–C–N with tert-alkyl or cyclic N) is 1. The summed E-state index contributed by atoms with van der Waals surface area (Å²) in [6.07, 6.45) is 0.345. The van der Waals surface area contributed by atoms with Gasteiger partial charge in [-0.25, -0.2) is 8.93 Å². The Morgan fingerprint density at radius 3 is 2.56 bits per heavy atom. The molecule has 1 aliphatic heterocycles. The highest BCUT2D eigenvalue weighted by Crippen LogP contribution is 2.23. The molecule has 25 heavy (non-hydrogen) atoms. The number of aliphatic hydroxyl groups excluding tert-OH is 1. The van der Waals surface area contributed by atoms with Crippen molar-refractivity contribution in [1.29, 1.82) is 0 Å². The number of piperazine rings is 1. The fourth-order valence-electron chi connectivity index (χ4n) is 2.64. The summed E-state index contributed by atoms with van der Waals surface area (Å²) in [6.45, 7) is 10.9. The molecule has 1 aromatic carbocycles. The van der Waals surface area contributed by atoms with E-state index in [2.05, 4.69) is 14.9 Å². The Morgan fingerprint density at radius 1 is 1.32 bits per heavy atom.